The van der Waals surface area contributed by atoms with Crippen LogP contribution >= 0.6 is 0 Å². The third-order valence-corrected chi connectivity index (χ3v) is 2.91. The molecular formula is C11H25N3. The van der Waals surface area contributed by atoms with Gasteiger partial charge in [-0.3, -0.25) is 4.90 Å². The highest BCUT2D eigenvalue weighted by Gasteiger charge is 2.17. The van der Waals surface area contributed by atoms with Crippen molar-refractivity contribution in [2.45, 2.75) is 45.8 Å². The van der Waals surface area contributed by atoms with Crippen molar-refractivity contribution < 1.29 is 0 Å². The average Bonchev–Trinajstić information content (AvgIpc) is 1.99. The van der Waals surface area contributed by atoms with E-state index in [9.17, 15) is 0 Å². The highest BCUT2D eigenvalue weighted by Crippen LogP contribution is 2.03. The number of rotatable bonds is 6. The Morgan fingerprint density at radius 3 is 2.14 bits per heavy atom. The number of nitrogens with one attached hydrogen (secondary N) is 2. The van der Waals surface area contributed by atoms with E-state index in [0.29, 0.717) is 12.1 Å². The lowest BCUT2D eigenvalue weighted by Crippen LogP contribution is -2.56. The summed E-state index contributed by atoms with van der Waals surface area (Å²) < 4.78 is 0. The van der Waals surface area contributed by atoms with Gasteiger partial charge in [-0.15, -0.1) is 0 Å². The normalized spacial score (nSPS) is 18.2. The van der Waals surface area contributed by atoms with E-state index in [1.165, 1.54) is 0 Å². The molecule has 3 nitrogen and oxygen atoms in total. The SMILES string of the molecule is CC(C)N(CCNC1CNC1)C(C)C. The van der Waals surface area contributed by atoms with Gasteiger partial charge in [0.15, 0.2) is 0 Å². The van der Waals surface area contributed by atoms with E-state index in [4.69, 9.17) is 0 Å². The van der Waals surface area contributed by atoms with Crippen LogP contribution in [0.5, 0.6) is 0 Å². The van der Waals surface area contributed by atoms with E-state index >= 15 is 0 Å². The molecule has 1 fully saturated rings. The van der Waals surface area contributed by atoms with Crippen LogP contribution in [-0.4, -0.2) is 49.2 Å². The Morgan fingerprint density at radius 1 is 1.21 bits per heavy atom. The van der Waals surface area contributed by atoms with Crippen LogP contribution in [0.2, 0.25) is 0 Å². The van der Waals surface area contributed by atoms with Crippen LogP contribution in [0.3, 0.4) is 0 Å². The molecular weight excluding hydrogens is 174 g/mol. The Balaban J connectivity index is 2.12. The van der Waals surface area contributed by atoms with Crippen molar-refractivity contribution in [2.24, 2.45) is 0 Å². The predicted molar refractivity (Wildman–Crippen MR) is 61.6 cm³/mol. The molecule has 84 valence electrons. The van der Waals surface area contributed by atoms with Crippen molar-refractivity contribution in [2.75, 3.05) is 26.2 Å². The van der Waals surface area contributed by atoms with Crippen LogP contribution in [0.4, 0.5) is 0 Å². The summed E-state index contributed by atoms with van der Waals surface area (Å²) in [6, 6.07) is 2.02. The van der Waals surface area contributed by atoms with E-state index in [1.54, 1.807) is 0 Å². The Bertz CT molecular complexity index is 145. The van der Waals surface area contributed by atoms with Crippen molar-refractivity contribution in [3.05, 3.63) is 0 Å². The summed E-state index contributed by atoms with van der Waals surface area (Å²) in [5, 5.41) is 6.82. The van der Waals surface area contributed by atoms with Crippen molar-refractivity contribution in [1.29, 1.82) is 0 Å². The minimum Gasteiger partial charge on any atom is -0.314 e. The first-order chi connectivity index (χ1) is 6.61. The molecule has 1 rings (SSSR count). The van der Waals surface area contributed by atoms with Crippen molar-refractivity contribution >= 4 is 0 Å². The van der Waals surface area contributed by atoms with Gasteiger partial charge < -0.3 is 10.6 Å². The second-order valence-corrected chi connectivity index (χ2v) is 4.73. The fourth-order valence-electron chi connectivity index (χ4n) is 1.94. The molecule has 0 saturated carbocycles. The zero-order valence-electron chi connectivity index (χ0n) is 10.0. The monoisotopic (exact) mass is 199 g/mol. The molecule has 0 aliphatic carbocycles. The number of hydrogen-bond acceptors (Lipinski definition) is 3. The summed E-state index contributed by atoms with van der Waals surface area (Å²) in [7, 11) is 0. The van der Waals surface area contributed by atoms with Gasteiger partial charge in [-0.25, -0.2) is 0 Å². The predicted octanol–water partition coefficient (Wildman–Crippen LogP) is 0.667. The minimum atomic E-state index is 0.649. The number of hydrogen-bond donors (Lipinski definition) is 2. The van der Waals surface area contributed by atoms with Crippen LogP contribution in [0, 0.1) is 0 Å². The van der Waals surface area contributed by atoms with E-state index < -0.39 is 0 Å². The third-order valence-electron chi connectivity index (χ3n) is 2.91. The second-order valence-electron chi connectivity index (χ2n) is 4.73. The molecule has 0 unspecified atom stereocenters. The van der Waals surface area contributed by atoms with Gasteiger partial charge in [0.1, 0.15) is 0 Å². The average molecular weight is 199 g/mol. The topological polar surface area (TPSA) is 27.3 Å². The van der Waals surface area contributed by atoms with Gasteiger partial charge in [-0.05, 0) is 27.7 Å². The van der Waals surface area contributed by atoms with Gasteiger partial charge >= 0.3 is 0 Å². The van der Waals surface area contributed by atoms with E-state index in [0.717, 1.165) is 32.2 Å². The first-order valence-electron chi connectivity index (χ1n) is 5.81. The molecule has 1 aliphatic rings. The summed E-state index contributed by atoms with van der Waals surface area (Å²) in [4.78, 5) is 2.53. The fourth-order valence-corrected chi connectivity index (χ4v) is 1.94. The molecule has 3 heteroatoms. The van der Waals surface area contributed by atoms with Crippen molar-refractivity contribution in [3.8, 4) is 0 Å². The Kier molecular flexibility index (Phi) is 4.85. The van der Waals surface area contributed by atoms with Crippen LogP contribution in [-0.2, 0) is 0 Å². The highest BCUT2D eigenvalue weighted by atomic mass is 15.2. The maximum Gasteiger partial charge on any atom is 0.0318 e. The first-order valence-corrected chi connectivity index (χ1v) is 5.81. The maximum atomic E-state index is 3.56. The molecule has 1 aliphatic heterocycles. The van der Waals surface area contributed by atoms with Gasteiger partial charge in [0.05, 0.1) is 0 Å². The van der Waals surface area contributed by atoms with Gasteiger partial charge in [0, 0.05) is 44.3 Å². The van der Waals surface area contributed by atoms with Gasteiger partial charge in [0.25, 0.3) is 0 Å². The summed E-state index contributed by atoms with van der Waals surface area (Å²) >= 11 is 0. The van der Waals surface area contributed by atoms with Crippen molar-refractivity contribution in [3.63, 3.8) is 0 Å². The maximum absolute atomic E-state index is 3.56. The molecule has 0 aromatic rings. The van der Waals surface area contributed by atoms with Gasteiger partial charge in [-0.2, -0.15) is 0 Å². The number of nitrogens with zero attached hydrogens (tertiary/aromatic N) is 1. The summed E-state index contributed by atoms with van der Waals surface area (Å²) in [6.07, 6.45) is 0. The molecule has 0 radical (unpaired) electrons. The quantitative estimate of drug-likeness (QED) is 0.658. The molecule has 0 spiro atoms. The molecule has 0 atom stereocenters. The molecule has 2 N–H and O–H groups in total. The lowest BCUT2D eigenvalue weighted by Gasteiger charge is -2.33. The zero-order valence-corrected chi connectivity index (χ0v) is 10.0. The van der Waals surface area contributed by atoms with Gasteiger partial charge in [-0.1, -0.05) is 0 Å². The smallest absolute Gasteiger partial charge is 0.0318 e. The fraction of sp³-hybridized carbons (Fsp3) is 1.00. The standard InChI is InChI=1S/C11H25N3/c1-9(2)14(10(3)4)6-5-13-11-7-12-8-11/h9-13H,5-8H2,1-4H3. The second kappa shape index (κ2) is 5.69. The van der Waals surface area contributed by atoms with Crippen molar-refractivity contribution in [1.82, 2.24) is 15.5 Å². The van der Waals surface area contributed by atoms with Crippen LogP contribution in [0.1, 0.15) is 27.7 Å². The Hall–Kier alpha value is -0.120. The van der Waals surface area contributed by atoms with E-state index in [1.807, 2.05) is 0 Å². The molecule has 0 bridgehead atoms. The summed E-state index contributed by atoms with van der Waals surface area (Å²) in [5.74, 6) is 0. The van der Waals surface area contributed by atoms with Crippen LogP contribution in [0.25, 0.3) is 0 Å². The third kappa shape index (κ3) is 3.56. The summed E-state index contributed by atoms with van der Waals surface area (Å²) in [5.41, 5.74) is 0. The van der Waals surface area contributed by atoms with E-state index in [-0.39, 0.29) is 0 Å². The molecule has 0 aromatic heterocycles. The molecule has 1 heterocycles. The Labute approximate surface area is 88.2 Å². The molecule has 0 aromatic carbocycles. The zero-order chi connectivity index (χ0) is 10.6. The first kappa shape index (κ1) is 12.0. The Morgan fingerprint density at radius 2 is 1.79 bits per heavy atom. The van der Waals surface area contributed by atoms with Crippen LogP contribution < -0.4 is 10.6 Å². The molecule has 0 amide bonds. The lowest BCUT2D eigenvalue weighted by atomic mass is 10.2. The molecule has 1 saturated heterocycles. The van der Waals surface area contributed by atoms with Gasteiger partial charge in [0.2, 0.25) is 0 Å². The highest BCUT2D eigenvalue weighted by molar-refractivity contribution is 4.82. The minimum absolute atomic E-state index is 0.649. The molecule has 14 heavy (non-hydrogen) atoms. The lowest BCUT2D eigenvalue weighted by molar-refractivity contribution is 0.171. The largest absolute Gasteiger partial charge is 0.314 e. The van der Waals surface area contributed by atoms with Crippen LogP contribution in [0.15, 0.2) is 0 Å². The van der Waals surface area contributed by atoms with E-state index in [2.05, 4.69) is 43.2 Å². The summed E-state index contributed by atoms with van der Waals surface area (Å²) in [6.45, 7) is 13.6.